The number of methoxy groups -OCH3 is 1. The van der Waals surface area contributed by atoms with Gasteiger partial charge in [0, 0.05) is 7.11 Å². The molecule has 1 atom stereocenters. The maximum absolute atomic E-state index is 12.8. The van der Waals surface area contributed by atoms with Crippen LogP contribution in [0, 0.1) is 11.6 Å². The lowest BCUT2D eigenvalue weighted by atomic mass is 10.1. The van der Waals surface area contributed by atoms with Crippen LogP contribution in [0.5, 0.6) is 5.75 Å². The molecule has 0 saturated heterocycles. The quantitative estimate of drug-likeness (QED) is 0.778. The zero-order chi connectivity index (χ0) is 10.7. The number of hydrogen-bond acceptors (Lipinski definition) is 3. The van der Waals surface area contributed by atoms with E-state index in [9.17, 15) is 8.78 Å². The molecule has 0 aliphatic carbocycles. The second-order valence-electron chi connectivity index (χ2n) is 2.90. The number of halogens is 2. The highest BCUT2D eigenvalue weighted by Crippen LogP contribution is 2.23. The van der Waals surface area contributed by atoms with Crippen LogP contribution in [0.3, 0.4) is 0 Å². The third kappa shape index (κ3) is 2.18. The van der Waals surface area contributed by atoms with Gasteiger partial charge in [-0.05, 0) is 17.7 Å². The standard InChI is InChI=1S/C9H11F2NO2/c1-14-4-7(12)5-2-6(10)9(11)8(13)3-5/h2-3,7,13H,4,12H2,1H3. The predicted octanol–water partition coefficient (Wildman–Crippen LogP) is 1.32. The predicted molar refractivity (Wildman–Crippen MR) is 46.8 cm³/mol. The average molecular weight is 203 g/mol. The van der Waals surface area contributed by atoms with Crippen LogP contribution < -0.4 is 5.73 Å². The van der Waals surface area contributed by atoms with Crippen LogP contribution in [-0.4, -0.2) is 18.8 Å². The van der Waals surface area contributed by atoms with Gasteiger partial charge in [-0.15, -0.1) is 0 Å². The molecule has 0 saturated carbocycles. The van der Waals surface area contributed by atoms with Crippen molar-refractivity contribution in [3.05, 3.63) is 29.3 Å². The number of phenols is 1. The fraction of sp³-hybridized carbons (Fsp3) is 0.333. The molecule has 1 aromatic carbocycles. The molecule has 0 aliphatic rings. The van der Waals surface area contributed by atoms with E-state index in [2.05, 4.69) is 0 Å². The summed E-state index contributed by atoms with van der Waals surface area (Å²) in [5.41, 5.74) is 5.86. The van der Waals surface area contributed by atoms with Crippen molar-refractivity contribution in [2.75, 3.05) is 13.7 Å². The molecule has 0 amide bonds. The summed E-state index contributed by atoms with van der Waals surface area (Å²) in [4.78, 5) is 0. The summed E-state index contributed by atoms with van der Waals surface area (Å²) in [5.74, 6) is -3.13. The topological polar surface area (TPSA) is 55.5 Å². The summed E-state index contributed by atoms with van der Waals surface area (Å²) in [5, 5.41) is 8.99. The molecule has 0 fully saturated rings. The lowest BCUT2D eigenvalue weighted by Crippen LogP contribution is -2.16. The molecule has 0 aromatic heterocycles. The number of rotatable bonds is 3. The lowest BCUT2D eigenvalue weighted by Gasteiger charge is -2.11. The van der Waals surface area contributed by atoms with Crippen LogP contribution in [0.15, 0.2) is 12.1 Å². The third-order valence-corrected chi connectivity index (χ3v) is 1.81. The van der Waals surface area contributed by atoms with Gasteiger partial charge in [-0.25, -0.2) is 4.39 Å². The van der Waals surface area contributed by atoms with E-state index >= 15 is 0 Å². The fourth-order valence-electron chi connectivity index (χ4n) is 1.08. The van der Waals surface area contributed by atoms with E-state index in [4.69, 9.17) is 15.6 Å². The van der Waals surface area contributed by atoms with Gasteiger partial charge < -0.3 is 15.6 Å². The first-order valence-electron chi connectivity index (χ1n) is 3.98. The van der Waals surface area contributed by atoms with Crippen LogP contribution in [0.1, 0.15) is 11.6 Å². The zero-order valence-corrected chi connectivity index (χ0v) is 7.63. The van der Waals surface area contributed by atoms with Gasteiger partial charge in [0.15, 0.2) is 17.4 Å². The normalized spacial score (nSPS) is 12.9. The summed E-state index contributed by atoms with van der Waals surface area (Å²) >= 11 is 0. The Labute approximate surface area is 80.1 Å². The van der Waals surface area contributed by atoms with E-state index < -0.39 is 23.4 Å². The van der Waals surface area contributed by atoms with Crippen LogP contribution in [-0.2, 0) is 4.74 Å². The van der Waals surface area contributed by atoms with Crippen LogP contribution in [0.2, 0.25) is 0 Å². The Balaban J connectivity index is 3.00. The highest BCUT2D eigenvalue weighted by atomic mass is 19.2. The Morgan fingerprint density at radius 1 is 1.50 bits per heavy atom. The van der Waals surface area contributed by atoms with Crippen LogP contribution in [0.25, 0.3) is 0 Å². The second-order valence-corrected chi connectivity index (χ2v) is 2.90. The van der Waals surface area contributed by atoms with Crippen molar-refractivity contribution >= 4 is 0 Å². The molecule has 1 unspecified atom stereocenters. The molecule has 3 N–H and O–H groups in total. The molecule has 0 spiro atoms. The Morgan fingerprint density at radius 3 is 2.64 bits per heavy atom. The Morgan fingerprint density at radius 2 is 2.14 bits per heavy atom. The van der Waals surface area contributed by atoms with Gasteiger partial charge in [0.05, 0.1) is 12.6 Å². The van der Waals surface area contributed by atoms with Crippen LogP contribution >= 0.6 is 0 Å². The molecular formula is C9H11F2NO2. The van der Waals surface area contributed by atoms with Crippen molar-refractivity contribution in [1.29, 1.82) is 0 Å². The minimum absolute atomic E-state index is 0.171. The minimum Gasteiger partial charge on any atom is -0.505 e. The number of ether oxygens (including phenoxy) is 1. The van der Waals surface area contributed by atoms with E-state index in [1.807, 2.05) is 0 Å². The highest BCUT2D eigenvalue weighted by molar-refractivity contribution is 5.32. The van der Waals surface area contributed by atoms with E-state index in [1.165, 1.54) is 7.11 Å². The molecule has 0 bridgehead atoms. The van der Waals surface area contributed by atoms with Gasteiger partial charge >= 0.3 is 0 Å². The Bertz CT molecular complexity index is 308. The smallest absolute Gasteiger partial charge is 0.200 e. The molecule has 1 rings (SSSR count). The van der Waals surface area contributed by atoms with Gasteiger partial charge in [0.1, 0.15) is 0 Å². The fourth-order valence-corrected chi connectivity index (χ4v) is 1.08. The van der Waals surface area contributed by atoms with E-state index in [1.54, 1.807) is 0 Å². The van der Waals surface area contributed by atoms with Gasteiger partial charge in [0.25, 0.3) is 0 Å². The minimum atomic E-state index is -1.27. The number of benzene rings is 1. The molecule has 3 nitrogen and oxygen atoms in total. The first-order chi connectivity index (χ1) is 6.56. The van der Waals surface area contributed by atoms with Gasteiger partial charge in [-0.1, -0.05) is 0 Å². The van der Waals surface area contributed by atoms with Crippen molar-refractivity contribution in [3.8, 4) is 5.75 Å². The Kier molecular flexibility index (Phi) is 3.38. The Hall–Kier alpha value is -1.20. The van der Waals surface area contributed by atoms with Crippen LogP contribution in [0.4, 0.5) is 8.78 Å². The zero-order valence-electron chi connectivity index (χ0n) is 7.63. The number of aromatic hydroxyl groups is 1. The second kappa shape index (κ2) is 4.34. The lowest BCUT2D eigenvalue weighted by molar-refractivity contribution is 0.180. The van der Waals surface area contributed by atoms with Gasteiger partial charge in [-0.3, -0.25) is 0 Å². The molecular weight excluding hydrogens is 192 g/mol. The number of nitrogens with two attached hydrogens (primary N) is 1. The third-order valence-electron chi connectivity index (χ3n) is 1.81. The molecule has 1 aromatic rings. The SMILES string of the molecule is COCC(N)c1cc(O)c(F)c(F)c1. The van der Waals surface area contributed by atoms with Gasteiger partial charge in [0.2, 0.25) is 0 Å². The average Bonchev–Trinajstić information content (AvgIpc) is 2.13. The summed E-state index contributed by atoms with van der Waals surface area (Å²) in [6.45, 7) is 0.171. The van der Waals surface area contributed by atoms with E-state index in [0.717, 1.165) is 12.1 Å². The van der Waals surface area contributed by atoms with Crippen molar-refractivity contribution < 1.29 is 18.6 Å². The van der Waals surface area contributed by atoms with Crippen molar-refractivity contribution in [2.24, 2.45) is 5.73 Å². The first kappa shape index (κ1) is 10.9. The highest BCUT2D eigenvalue weighted by Gasteiger charge is 2.13. The van der Waals surface area contributed by atoms with Crippen molar-refractivity contribution in [2.45, 2.75) is 6.04 Å². The largest absolute Gasteiger partial charge is 0.505 e. The molecule has 0 aliphatic heterocycles. The molecule has 0 heterocycles. The maximum Gasteiger partial charge on any atom is 0.200 e. The molecule has 0 radical (unpaired) electrons. The summed E-state index contributed by atoms with van der Waals surface area (Å²) in [6.07, 6.45) is 0. The van der Waals surface area contributed by atoms with E-state index in [0.29, 0.717) is 5.56 Å². The first-order valence-corrected chi connectivity index (χ1v) is 3.98. The van der Waals surface area contributed by atoms with Crippen molar-refractivity contribution in [1.82, 2.24) is 0 Å². The summed E-state index contributed by atoms with van der Waals surface area (Å²) < 4.78 is 30.2. The molecule has 14 heavy (non-hydrogen) atoms. The van der Waals surface area contributed by atoms with Crippen molar-refractivity contribution in [3.63, 3.8) is 0 Å². The summed E-state index contributed by atoms with van der Waals surface area (Å²) in [6, 6.07) is 1.45. The van der Waals surface area contributed by atoms with Gasteiger partial charge in [-0.2, -0.15) is 4.39 Å². The number of phenolic OH excluding ortho intramolecular Hbond substituents is 1. The number of hydrogen-bond donors (Lipinski definition) is 2. The molecule has 5 heteroatoms. The maximum atomic E-state index is 12.8. The van der Waals surface area contributed by atoms with E-state index in [-0.39, 0.29) is 6.61 Å². The summed E-state index contributed by atoms with van der Waals surface area (Å²) in [7, 11) is 1.44. The molecule has 78 valence electrons. The monoisotopic (exact) mass is 203 g/mol.